The molecular formula is C21H21O+. The van der Waals surface area contributed by atoms with Crippen molar-refractivity contribution in [1.82, 2.24) is 0 Å². The maximum absolute atomic E-state index is 5.65. The molecule has 0 bridgehead atoms. The van der Waals surface area contributed by atoms with Gasteiger partial charge in [0, 0.05) is 6.07 Å². The third kappa shape index (κ3) is 3.09. The van der Waals surface area contributed by atoms with Gasteiger partial charge in [0.2, 0.25) is 0 Å². The zero-order valence-corrected chi connectivity index (χ0v) is 13.3. The number of hydrogen-bond donors (Lipinski definition) is 0. The summed E-state index contributed by atoms with van der Waals surface area (Å²) in [6.45, 7) is 6.70. The number of benzene rings is 2. The van der Waals surface area contributed by atoms with Gasteiger partial charge in [0.1, 0.15) is 0 Å². The summed E-state index contributed by atoms with van der Waals surface area (Å²) in [5.41, 5.74) is 5.00. The lowest BCUT2D eigenvalue weighted by Gasteiger charge is -2.19. The van der Waals surface area contributed by atoms with Crippen molar-refractivity contribution in [2.75, 3.05) is 0 Å². The Morgan fingerprint density at radius 3 is 2.00 bits per heavy atom. The average Bonchev–Trinajstić information content (AvgIpc) is 2.55. The van der Waals surface area contributed by atoms with Crippen molar-refractivity contribution in [1.29, 1.82) is 0 Å². The second-order valence-electron chi connectivity index (χ2n) is 6.58. The minimum Gasteiger partial charge on any atom is -0.216 e. The molecule has 0 aliphatic heterocycles. The molecule has 0 amide bonds. The summed E-state index contributed by atoms with van der Waals surface area (Å²) in [5, 5.41) is 0. The van der Waals surface area contributed by atoms with Crippen LogP contribution in [0.5, 0.6) is 0 Å². The summed E-state index contributed by atoms with van der Waals surface area (Å²) in [7, 11) is 0. The first kappa shape index (κ1) is 14.5. The second-order valence-corrected chi connectivity index (χ2v) is 6.58. The van der Waals surface area contributed by atoms with Crippen molar-refractivity contribution in [2.24, 2.45) is 0 Å². The van der Waals surface area contributed by atoms with Crippen LogP contribution in [-0.4, -0.2) is 0 Å². The Labute approximate surface area is 132 Å². The Bertz CT molecular complexity index is 750. The lowest BCUT2D eigenvalue weighted by Crippen LogP contribution is -2.10. The van der Waals surface area contributed by atoms with Gasteiger partial charge < -0.3 is 0 Å². The van der Waals surface area contributed by atoms with Gasteiger partial charge in [0.15, 0.2) is 0 Å². The fourth-order valence-corrected chi connectivity index (χ4v) is 2.50. The van der Waals surface area contributed by atoms with Crippen LogP contribution < -0.4 is 0 Å². The number of rotatable bonds is 2. The van der Waals surface area contributed by atoms with Gasteiger partial charge in [-0.3, -0.25) is 0 Å². The molecule has 110 valence electrons. The van der Waals surface area contributed by atoms with Crippen LogP contribution in [0.3, 0.4) is 0 Å². The van der Waals surface area contributed by atoms with E-state index in [0.29, 0.717) is 0 Å². The summed E-state index contributed by atoms with van der Waals surface area (Å²) in [6.07, 6.45) is 1.76. The molecule has 1 heteroatoms. The topological polar surface area (TPSA) is 11.3 Å². The molecule has 3 rings (SSSR count). The SMILES string of the molecule is CC(C)(C)c1ccc(-c2cc[o+]c(-c3ccccc3)c2)cc1. The van der Waals surface area contributed by atoms with E-state index in [1.807, 2.05) is 24.3 Å². The molecule has 1 heterocycles. The maximum atomic E-state index is 5.65. The van der Waals surface area contributed by atoms with Gasteiger partial charge in [-0.25, -0.2) is 4.42 Å². The fraction of sp³-hybridized carbons (Fsp3) is 0.190. The molecule has 0 saturated heterocycles. The number of hydrogen-bond acceptors (Lipinski definition) is 0. The van der Waals surface area contributed by atoms with Crippen LogP contribution in [0.15, 0.2) is 77.4 Å². The largest absolute Gasteiger partial charge is 0.360 e. The minimum atomic E-state index is 0.180. The molecule has 0 radical (unpaired) electrons. The highest BCUT2D eigenvalue weighted by Gasteiger charge is 2.15. The first-order chi connectivity index (χ1) is 10.5. The zero-order valence-electron chi connectivity index (χ0n) is 13.3. The van der Waals surface area contributed by atoms with Crippen LogP contribution in [0.25, 0.3) is 22.5 Å². The van der Waals surface area contributed by atoms with Crippen molar-refractivity contribution in [3.05, 3.63) is 78.6 Å². The van der Waals surface area contributed by atoms with Crippen molar-refractivity contribution in [3.8, 4) is 22.5 Å². The van der Waals surface area contributed by atoms with Crippen LogP contribution in [0, 0.1) is 0 Å². The normalized spacial score (nSPS) is 11.4. The molecule has 22 heavy (non-hydrogen) atoms. The summed E-state index contributed by atoms with van der Waals surface area (Å²) in [4.78, 5) is 0. The van der Waals surface area contributed by atoms with Gasteiger partial charge in [-0.05, 0) is 34.2 Å². The lowest BCUT2D eigenvalue weighted by molar-refractivity contribution is 0.566. The first-order valence-electron chi connectivity index (χ1n) is 7.62. The minimum absolute atomic E-state index is 0.180. The van der Waals surface area contributed by atoms with Crippen molar-refractivity contribution in [2.45, 2.75) is 26.2 Å². The smallest absolute Gasteiger partial charge is 0.216 e. The third-order valence-corrected chi connectivity index (χ3v) is 3.87. The van der Waals surface area contributed by atoms with Crippen LogP contribution >= 0.6 is 0 Å². The molecule has 3 aromatic rings. The Morgan fingerprint density at radius 2 is 1.36 bits per heavy atom. The Morgan fingerprint density at radius 1 is 0.682 bits per heavy atom. The van der Waals surface area contributed by atoms with E-state index in [4.69, 9.17) is 4.42 Å². The summed E-state index contributed by atoms with van der Waals surface area (Å²) >= 11 is 0. The van der Waals surface area contributed by atoms with Crippen LogP contribution in [0.2, 0.25) is 0 Å². The van der Waals surface area contributed by atoms with Gasteiger partial charge in [-0.2, -0.15) is 0 Å². The molecule has 1 aromatic heterocycles. The molecule has 2 aromatic carbocycles. The van der Waals surface area contributed by atoms with E-state index in [1.54, 1.807) is 6.26 Å². The highest BCUT2D eigenvalue weighted by Crippen LogP contribution is 2.28. The Balaban J connectivity index is 1.96. The van der Waals surface area contributed by atoms with Crippen molar-refractivity contribution in [3.63, 3.8) is 0 Å². The highest BCUT2D eigenvalue weighted by atomic mass is 16.3. The van der Waals surface area contributed by atoms with E-state index in [1.165, 1.54) is 16.7 Å². The van der Waals surface area contributed by atoms with Gasteiger partial charge in [-0.1, -0.05) is 63.2 Å². The molecule has 0 saturated carbocycles. The lowest BCUT2D eigenvalue weighted by atomic mass is 9.86. The fourth-order valence-electron chi connectivity index (χ4n) is 2.50. The summed E-state index contributed by atoms with van der Waals surface area (Å²) in [6, 6.07) is 23.1. The standard InChI is InChI=1S/C21H21O/c1-21(2,3)19-11-9-16(10-12-19)18-13-14-22-20(15-18)17-7-5-4-6-8-17/h4-15H,1-3H3/q+1. The Kier molecular flexibility index (Phi) is 3.81. The average molecular weight is 289 g/mol. The summed E-state index contributed by atoms with van der Waals surface area (Å²) < 4.78 is 5.65. The van der Waals surface area contributed by atoms with Gasteiger partial charge >= 0.3 is 12.0 Å². The van der Waals surface area contributed by atoms with Crippen LogP contribution in [-0.2, 0) is 5.41 Å². The van der Waals surface area contributed by atoms with Crippen LogP contribution in [0.4, 0.5) is 0 Å². The molecule has 0 spiro atoms. The summed E-state index contributed by atoms with van der Waals surface area (Å²) in [5.74, 6) is 0.887. The third-order valence-electron chi connectivity index (χ3n) is 3.87. The van der Waals surface area contributed by atoms with Crippen molar-refractivity contribution < 1.29 is 4.42 Å². The highest BCUT2D eigenvalue weighted by molar-refractivity contribution is 5.69. The first-order valence-corrected chi connectivity index (χ1v) is 7.62. The van der Waals surface area contributed by atoms with E-state index < -0.39 is 0 Å². The molecule has 0 aliphatic rings. The van der Waals surface area contributed by atoms with Gasteiger partial charge in [0.25, 0.3) is 0 Å². The molecule has 0 aliphatic carbocycles. The molecule has 0 unspecified atom stereocenters. The van der Waals surface area contributed by atoms with E-state index in [0.717, 1.165) is 11.3 Å². The second kappa shape index (κ2) is 5.76. The maximum Gasteiger partial charge on any atom is 0.360 e. The van der Waals surface area contributed by atoms with E-state index in [-0.39, 0.29) is 5.41 Å². The van der Waals surface area contributed by atoms with E-state index in [9.17, 15) is 0 Å². The van der Waals surface area contributed by atoms with Crippen molar-refractivity contribution >= 4 is 0 Å². The molecular weight excluding hydrogens is 268 g/mol. The predicted molar refractivity (Wildman–Crippen MR) is 92.7 cm³/mol. The van der Waals surface area contributed by atoms with Crippen LogP contribution in [0.1, 0.15) is 26.3 Å². The molecule has 0 atom stereocenters. The quantitative estimate of drug-likeness (QED) is 0.512. The molecule has 1 nitrogen and oxygen atoms in total. The van der Waals surface area contributed by atoms with E-state index >= 15 is 0 Å². The predicted octanol–water partition coefficient (Wildman–Crippen LogP) is 6.19. The van der Waals surface area contributed by atoms with E-state index in [2.05, 4.69) is 63.2 Å². The molecule has 0 fully saturated rings. The Hall–Kier alpha value is -2.41. The van der Waals surface area contributed by atoms with Gasteiger partial charge in [0.05, 0.1) is 11.6 Å². The monoisotopic (exact) mass is 289 g/mol. The molecule has 0 N–H and O–H groups in total. The van der Waals surface area contributed by atoms with Gasteiger partial charge in [-0.15, -0.1) is 0 Å². The zero-order chi connectivity index (χ0) is 15.6.